The second-order valence-electron chi connectivity index (χ2n) is 4.25. The van der Waals surface area contributed by atoms with Crippen molar-refractivity contribution in [1.82, 2.24) is 0 Å². The number of ether oxygens (including phenoxy) is 1. The molecular formula is C11H21NO3. The highest BCUT2D eigenvalue weighted by Crippen LogP contribution is 2.28. The lowest BCUT2D eigenvalue weighted by Gasteiger charge is -2.28. The van der Waals surface area contributed by atoms with E-state index in [9.17, 15) is 9.90 Å². The Morgan fingerprint density at radius 1 is 1.60 bits per heavy atom. The minimum atomic E-state index is -1.16. The summed E-state index contributed by atoms with van der Waals surface area (Å²) >= 11 is 0. The average Bonchev–Trinajstić information content (AvgIpc) is 2.28. The van der Waals surface area contributed by atoms with Crippen LogP contribution in [0.1, 0.15) is 39.0 Å². The van der Waals surface area contributed by atoms with Crippen molar-refractivity contribution in [3.63, 3.8) is 0 Å². The molecule has 88 valence electrons. The van der Waals surface area contributed by atoms with E-state index in [0.717, 1.165) is 25.7 Å². The van der Waals surface area contributed by atoms with Crippen molar-refractivity contribution in [2.24, 2.45) is 11.7 Å². The van der Waals surface area contributed by atoms with E-state index in [-0.39, 0.29) is 12.6 Å². The molecule has 0 bridgehead atoms. The summed E-state index contributed by atoms with van der Waals surface area (Å²) in [6, 6.07) is 0. The van der Waals surface area contributed by atoms with E-state index in [1.54, 1.807) is 0 Å². The van der Waals surface area contributed by atoms with E-state index in [0.29, 0.717) is 5.92 Å². The smallest absolute Gasteiger partial charge is 0.336 e. The second kappa shape index (κ2) is 6.08. The number of aliphatic hydroxyl groups is 1. The van der Waals surface area contributed by atoms with Crippen LogP contribution in [0.15, 0.2) is 0 Å². The fourth-order valence-corrected chi connectivity index (χ4v) is 2.06. The van der Waals surface area contributed by atoms with Crippen LogP contribution in [0.3, 0.4) is 0 Å². The van der Waals surface area contributed by atoms with E-state index in [1.807, 2.05) is 0 Å². The molecule has 0 heterocycles. The molecule has 0 saturated heterocycles. The molecule has 0 aromatic carbocycles. The third-order valence-electron chi connectivity index (χ3n) is 3.09. The Morgan fingerprint density at radius 3 is 2.93 bits per heavy atom. The summed E-state index contributed by atoms with van der Waals surface area (Å²) in [6.45, 7) is 2.09. The summed E-state index contributed by atoms with van der Waals surface area (Å²) < 4.78 is 5.21. The number of carbonyl (C=O) groups excluding carboxylic acids is 1. The number of rotatable bonds is 4. The number of carbonyl (C=O) groups is 1. The summed E-state index contributed by atoms with van der Waals surface area (Å²) in [7, 11) is 0. The van der Waals surface area contributed by atoms with Crippen molar-refractivity contribution >= 4 is 5.97 Å². The van der Waals surface area contributed by atoms with Crippen molar-refractivity contribution in [2.45, 2.75) is 51.2 Å². The molecule has 1 aliphatic carbocycles. The van der Waals surface area contributed by atoms with Gasteiger partial charge in [0.25, 0.3) is 0 Å². The zero-order valence-corrected chi connectivity index (χ0v) is 9.32. The van der Waals surface area contributed by atoms with Gasteiger partial charge < -0.3 is 15.6 Å². The SMILES string of the molecule is CCC1CCCC(OC(=O)[C@@H](O)CN)C1. The van der Waals surface area contributed by atoms with Crippen molar-refractivity contribution in [2.75, 3.05) is 6.54 Å². The number of hydrogen-bond acceptors (Lipinski definition) is 4. The van der Waals surface area contributed by atoms with Crippen LogP contribution in [0.25, 0.3) is 0 Å². The van der Waals surface area contributed by atoms with E-state index in [1.165, 1.54) is 6.42 Å². The van der Waals surface area contributed by atoms with Crippen LogP contribution in [-0.4, -0.2) is 29.8 Å². The molecule has 4 heteroatoms. The molecule has 0 aliphatic heterocycles. The first-order valence-electron chi connectivity index (χ1n) is 5.76. The highest BCUT2D eigenvalue weighted by atomic mass is 16.6. The highest BCUT2D eigenvalue weighted by molar-refractivity contribution is 5.74. The fraction of sp³-hybridized carbons (Fsp3) is 0.909. The lowest BCUT2D eigenvalue weighted by molar-refractivity contribution is -0.160. The lowest BCUT2D eigenvalue weighted by atomic mass is 9.85. The van der Waals surface area contributed by atoms with E-state index < -0.39 is 12.1 Å². The number of esters is 1. The molecule has 4 nitrogen and oxygen atoms in total. The van der Waals surface area contributed by atoms with Crippen LogP contribution < -0.4 is 5.73 Å². The van der Waals surface area contributed by atoms with Gasteiger partial charge >= 0.3 is 5.97 Å². The maximum Gasteiger partial charge on any atom is 0.336 e. The Kier molecular flexibility index (Phi) is 5.05. The van der Waals surface area contributed by atoms with E-state index in [2.05, 4.69) is 6.92 Å². The third kappa shape index (κ3) is 3.80. The van der Waals surface area contributed by atoms with Gasteiger partial charge in [-0.15, -0.1) is 0 Å². The van der Waals surface area contributed by atoms with Crippen molar-refractivity contribution in [3.8, 4) is 0 Å². The van der Waals surface area contributed by atoms with Gasteiger partial charge in [-0.05, 0) is 25.2 Å². The fourth-order valence-electron chi connectivity index (χ4n) is 2.06. The number of nitrogens with two attached hydrogens (primary N) is 1. The first-order valence-corrected chi connectivity index (χ1v) is 5.76. The molecule has 1 fully saturated rings. The molecule has 0 amide bonds. The van der Waals surface area contributed by atoms with Gasteiger partial charge in [-0.1, -0.05) is 19.8 Å². The van der Waals surface area contributed by atoms with Crippen LogP contribution in [0.4, 0.5) is 0 Å². The highest BCUT2D eigenvalue weighted by Gasteiger charge is 2.25. The summed E-state index contributed by atoms with van der Waals surface area (Å²) in [5, 5.41) is 9.18. The van der Waals surface area contributed by atoms with Gasteiger partial charge in [0.05, 0.1) is 0 Å². The first kappa shape index (κ1) is 12.5. The largest absolute Gasteiger partial charge is 0.460 e. The van der Waals surface area contributed by atoms with E-state index >= 15 is 0 Å². The first-order chi connectivity index (χ1) is 7.17. The normalized spacial score (nSPS) is 28.5. The molecule has 3 atom stereocenters. The van der Waals surface area contributed by atoms with Gasteiger partial charge in [-0.2, -0.15) is 0 Å². The van der Waals surface area contributed by atoms with Crippen LogP contribution in [0.2, 0.25) is 0 Å². The van der Waals surface area contributed by atoms with Gasteiger partial charge in [0.15, 0.2) is 6.10 Å². The molecule has 15 heavy (non-hydrogen) atoms. The molecule has 0 spiro atoms. The minimum Gasteiger partial charge on any atom is -0.460 e. The molecular weight excluding hydrogens is 194 g/mol. The monoisotopic (exact) mass is 215 g/mol. The third-order valence-corrected chi connectivity index (χ3v) is 3.09. The van der Waals surface area contributed by atoms with Gasteiger partial charge in [-0.3, -0.25) is 0 Å². The molecule has 0 aromatic heterocycles. The summed E-state index contributed by atoms with van der Waals surface area (Å²) in [6.07, 6.45) is 4.13. The molecule has 1 saturated carbocycles. The Morgan fingerprint density at radius 2 is 2.33 bits per heavy atom. The summed E-state index contributed by atoms with van der Waals surface area (Å²) in [5.41, 5.74) is 5.18. The maximum atomic E-state index is 11.3. The van der Waals surface area contributed by atoms with Gasteiger partial charge in [0.2, 0.25) is 0 Å². The number of hydrogen-bond donors (Lipinski definition) is 2. The quantitative estimate of drug-likeness (QED) is 0.681. The lowest BCUT2D eigenvalue weighted by Crippen LogP contribution is -2.35. The minimum absolute atomic E-state index is 0.0163. The van der Waals surface area contributed by atoms with Crippen LogP contribution in [-0.2, 0) is 9.53 Å². The predicted octanol–water partition coefficient (Wildman–Crippen LogP) is 0.818. The van der Waals surface area contributed by atoms with Crippen LogP contribution >= 0.6 is 0 Å². The Bertz CT molecular complexity index is 208. The van der Waals surface area contributed by atoms with Gasteiger partial charge in [0.1, 0.15) is 6.10 Å². The summed E-state index contributed by atoms with van der Waals surface area (Å²) in [5.74, 6) is 0.0887. The van der Waals surface area contributed by atoms with Gasteiger partial charge in [-0.25, -0.2) is 4.79 Å². The standard InChI is InChI=1S/C11H21NO3/c1-2-8-4-3-5-9(6-8)15-11(14)10(13)7-12/h8-10,13H,2-7,12H2,1H3/t8?,9?,10-/m0/s1. The molecule has 1 rings (SSSR count). The molecule has 1 aliphatic rings. The van der Waals surface area contributed by atoms with Crippen molar-refractivity contribution < 1.29 is 14.6 Å². The van der Waals surface area contributed by atoms with Crippen molar-refractivity contribution in [1.29, 1.82) is 0 Å². The predicted molar refractivity (Wildman–Crippen MR) is 57.2 cm³/mol. The maximum absolute atomic E-state index is 11.3. The molecule has 0 aromatic rings. The topological polar surface area (TPSA) is 72.5 Å². The van der Waals surface area contributed by atoms with E-state index in [4.69, 9.17) is 10.5 Å². The Balaban J connectivity index is 2.34. The second-order valence-corrected chi connectivity index (χ2v) is 4.25. The van der Waals surface area contributed by atoms with Crippen LogP contribution in [0, 0.1) is 5.92 Å². The zero-order chi connectivity index (χ0) is 11.3. The van der Waals surface area contributed by atoms with Gasteiger partial charge in [0, 0.05) is 6.54 Å². The zero-order valence-electron chi connectivity index (χ0n) is 9.32. The Hall–Kier alpha value is -0.610. The molecule has 0 radical (unpaired) electrons. The Labute approximate surface area is 90.8 Å². The van der Waals surface area contributed by atoms with Crippen LogP contribution in [0.5, 0.6) is 0 Å². The summed E-state index contributed by atoms with van der Waals surface area (Å²) in [4.78, 5) is 11.3. The molecule has 3 N–H and O–H groups in total. The average molecular weight is 215 g/mol. The molecule has 2 unspecified atom stereocenters. The van der Waals surface area contributed by atoms with Crippen molar-refractivity contribution in [3.05, 3.63) is 0 Å². The number of aliphatic hydroxyl groups excluding tert-OH is 1.